The third-order valence-electron chi connectivity index (χ3n) is 3.18. The van der Waals surface area contributed by atoms with E-state index in [1.807, 2.05) is 0 Å². The maximum absolute atomic E-state index is 11.5. The Bertz CT molecular complexity index is 241. The molecule has 16 heavy (non-hydrogen) atoms. The monoisotopic (exact) mass is 227 g/mol. The van der Waals surface area contributed by atoms with Gasteiger partial charge in [-0.1, -0.05) is 0 Å². The van der Waals surface area contributed by atoms with Crippen molar-refractivity contribution < 1.29 is 4.79 Å². The third-order valence-corrected chi connectivity index (χ3v) is 3.18. The molecule has 2 heterocycles. The molecule has 0 aromatic heterocycles. The van der Waals surface area contributed by atoms with Crippen molar-refractivity contribution in [2.75, 3.05) is 33.2 Å². The van der Waals surface area contributed by atoms with E-state index in [4.69, 9.17) is 0 Å². The van der Waals surface area contributed by atoms with E-state index in [-0.39, 0.29) is 12.1 Å². The Kier molecular flexibility index (Phi) is 3.98. The van der Waals surface area contributed by atoms with E-state index in [9.17, 15) is 4.79 Å². The molecule has 6 heteroatoms. The predicted octanol–water partition coefficient (Wildman–Crippen LogP) is -1.14. The van der Waals surface area contributed by atoms with Gasteiger partial charge in [-0.05, 0) is 33.0 Å². The van der Waals surface area contributed by atoms with Crippen molar-refractivity contribution in [2.24, 2.45) is 0 Å². The van der Waals surface area contributed by atoms with Gasteiger partial charge in [-0.15, -0.1) is 0 Å². The number of likely N-dealkylation sites (tertiary alicyclic amines) is 1. The molecule has 92 valence electrons. The van der Waals surface area contributed by atoms with E-state index in [2.05, 4.69) is 33.4 Å². The van der Waals surface area contributed by atoms with Crippen molar-refractivity contribution in [1.29, 1.82) is 0 Å². The molecule has 2 aliphatic rings. The molecule has 6 nitrogen and oxygen atoms in total. The first-order valence-electron chi connectivity index (χ1n) is 5.95. The van der Waals surface area contributed by atoms with Gasteiger partial charge in [0.2, 0.25) is 0 Å². The Morgan fingerprint density at radius 3 is 2.88 bits per heavy atom. The molecular formula is C10H21N5O. The SMILES string of the molecule is CN1CC[C@@H](NC(=O)NNC2CCNC2)C1. The van der Waals surface area contributed by atoms with Crippen molar-refractivity contribution in [3.63, 3.8) is 0 Å². The Balaban J connectivity index is 1.60. The summed E-state index contributed by atoms with van der Waals surface area (Å²) in [6, 6.07) is 0.526. The largest absolute Gasteiger partial charge is 0.333 e. The van der Waals surface area contributed by atoms with Crippen molar-refractivity contribution in [2.45, 2.75) is 24.9 Å². The molecule has 0 saturated carbocycles. The number of hydrazine groups is 1. The number of hydrogen-bond acceptors (Lipinski definition) is 4. The summed E-state index contributed by atoms with van der Waals surface area (Å²) in [6.07, 6.45) is 2.10. The van der Waals surface area contributed by atoms with Gasteiger partial charge in [0.25, 0.3) is 0 Å². The van der Waals surface area contributed by atoms with Crippen molar-refractivity contribution in [3.8, 4) is 0 Å². The van der Waals surface area contributed by atoms with Crippen LogP contribution >= 0.6 is 0 Å². The second-order valence-corrected chi connectivity index (χ2v) is 4.68. The van der Waals surface area contributed by atoms with Crippen LogP contribution in [0.3, 0.4) is 0 Å². The zero-order valence-electron chi connectivity index (χ0n) is 9.75. The number of urea groups is 1. The first kappa shape index (κ1) is 11.6. The fourth-order valence-electron chi connectivity index (χ4n) is 2.22. The van der Waals surface area contributed by atoms with Crippen LogP contribution in [-0.2, 0) is 0 Å². The van der Waals surface area contributed by atoms with E-state index < -0.39 is 0 Å². The molecule has 0 bridgehead atoms. The summed E-state index contributed by atoms with van der Waals surface area (Å²) in [4.78, 5) is 13.8. The summed E-state index contributed by atoms with van der Waals surface area (Å²) >= 11 is 0. The third kappa shape index (κ3) is 3.33. The minimum absolute atomic E-state index is 0.118. The first-order valence-corrected chi connectivity index (χ1v) is 5.95. The molecule has 2 rings (SSSR count). The lowest BCUT2D eigenvalue weighted by molar-refractivity contribution is 0.230. The van der Waals surface area contributed by atoms with Crippen molar-refractivity contribution in [3.05, 3.63) is 0 Å². The molecule has 2 saturated heterocycles. The van der Waals surface area contributed by atoms with Gasteiger partial charge in [0.15, 0.2) is 0 Å². The molecule has 2 fully saturated rings. The van der Waals surface area contributed by atoms with E-state index in [0.717, 1.165) is 39.0 Å². The summed E-state index contributed by atoms with van der Waals surface area (Å²) in [5.41, 5.74) is 5.74. The number of rotatable bonds is 3. The number of hydrogen-bond donors (Lipinski definition) is 4. The molecule has 4 N–H and O–H groups in total. The van der Waals surface area contributed by atoms with Crippen molar-refractivity contribution >= 4 is 6.03 Å². The molecule has 0 aromatic rings. The summed E-state index contributed by atoms with van der Waals surface area (Å²) in [7, 11) is 2.07. The molecule has 0 aromatic carbocycles. The summed E-state index contributed by atoms with van der Waals surface area (Å²) in [5.74, 6) is 0. The number of carbonyl (C=O) groups is 1. The summed E-state index contributed by atoms with van der Waals surface area (Å²) < 4.78 is 0. The van der Waals surface area contributed by atoms with Gasteiger partial charge in [-0.25, -0.2) is 10.2 Å². The molecule has 2 amide bonds. The van der Waals surface area contributed by atoms with Gasteiger partial charge >= 0.3 is 6.03 Å². The smallest absolute Gasteiger partial charge is 0.329 e. The highest BCUT2D eigenvalue weighted by Gasteiger charge is 2.21. The van der Waals surface area contributed by atoms with Crippen molar-refractivity contribution in [1.82, 2.24) is 26.4 Å². The second kappa shape index (κ2) is 5.47. The first-order chi connectivity index (χ1) is 7.74. The number of likely N-dealkylation sites (N-methyl/N-ethyl adjacent to an activating group) is 1. The van der Waals surface area contributed by atoms with Crippen LogP contribution < -0.4 is 21.5 Å². The number of amides is 2. The van der Waals surface area contributed by atoms with E-state index in [1.54, 1.807) is 0 Å². The Morgan fingerprint density at radius 1 is 1.38 bits per heavy atom. The highest BCUT2D eigenvalue weighted by molar-refractivity contribution is 5.73. The summed E-state index contributed by atoms with van der Waals surface area (Å²) in [6.45, 7) is 3.95. The van der Waals surface area contributed by atoms with Crippen LogP contribution in [0.4, 0.5) is 4.79 Å². The van der Waals surface area contributed by atoms with Gasteiger partial charge in [-0.3, -0.25) is 5.43 Å². The standard InChI is InChI=1S/C10H21N5O/c1-15-5-3-9(7-15)12-10(16)14-13-8-2-4-11-6-8/h8-9,11,13H,2-7H2,1H3,(H2,12,14,16)/t8?,9-/m1/s1. The van der Waals surface area contributed by atoms with Gasteiger partial charge in [-0.2, -0.15) is 0 Å². The molecule has 0 radical (unpaired) electrons. The quantitative estimate of drug-likeness (QED) is 0.460. The van der Waals surface area contributed by atoms with Crippen LogP contribution in [0.5, 0.6) is 0 Å². The van der Waals surface area contributed by atoms with Crippen LogP contribution in [0.1, 0.15) is 12.8 Å². The fourth-order valence-corrected chi connectivity index (χ4v) is 2.22. The maximum atomic E-state index is 11.5. The van der Waals surface area contributed by atoms with Crippen LogP contribution in [0.25, 0.3) is 0 Å². The topological polar surface area (TPSA) is 68.4 Å². The zero-order chi connectivity index (χ0) is 11.4. The number of carbonyl (C=O) groups excluding carboxylic acids is 1. The number of nitrogens with zero attached hydrogens (tertiary/aromatic N) is 1. The van der Waals surface area contributed by atoms with Crippen LogP contribution in [0.15, 0.2) is 0 Å². The predicted molar refractivity (Wildman–Crippen MR) is 62.0 cm³/mol. The lowest BCUT2D eigenvalue weighted by atomic mass is 10.3. The average Bonchev–Trinajstić information content (AvgIpc) is 2.87. The minimum atomic E-state index is -0.118. The zero-order valence-corrected chi connectivity index (χ0v) is 9.75. The molecular weight excluding hydrogens is 206 g/mol. The average molecular weight is 227 g/mol. The molecule has 2 atom stereocenters. The van der Waals surface area contributed by atoms with Gasteiger partial charge in [0, 0.05) is 25.2 Å². The lowest BCUT2D eigenvalue weighted by Crippen LogP contribution is -2.52. The highest BCUT2D eigenvalue weighted by Crippen LogP contribution is 2.05. The maximum Gasteiger partial charge on any atom is 0.329 e. The fraction of sp³-hybridized carbons (Fsp3) is 0.900. The highest BCUT2D eigenvalue weighted by atomic mass is 16.2. The molecule has 1 unspecified atom stereocenters. The lowest BCUT2D eigenvalue weighted by Gasteiger charge is -2.16. The van der Waals surface area contributed by atoms with E-state index in [0.29, 0.717) is 6.04 Å². The van der Waals surface area contributed by atoms with E-state index >= 15 is 0 Å². The number of nitrogens with one attached hydrogen (secondary N) is 4. The molecule has 2 aliphatic heterocycles. The second-order valence-electron chi connectivity index (χ2n) is 4.68. The Hall–Kier alpha value is -0.850. The summed E-state index contributed by atoms with van der Waals surface area (Å²) in [5, 5.41) is 6.19. The van der Waals surface area contributed by atoms with Crippen LogP contribution in [0, 0.1) is 0 Å². The molecule has 0 spiro atoms. The Morgan fingerprint density at radius 2 is 2.25 bits per heavy atom. The molecule has 0 aliphatic carbocycles. The minimum Gasteiger partial charge on any atom is -0.333 e. The van der Waals surface area contributed by atoms with Crippen LogP contribution in [0.2, 0.25) is 0 Å². The van der Waals surface area contributed by atoms with Gasteiger partial charge in [0.1, 0.15) is 0 Å². The van der Waals surface area contributed by atoms with Crippen LogP contribution in [-0.4, -0.2) is 56.2 Å². The van der Waals surface area contributed by atoms with Gasteiger partial charge in [0.05, 0.1) is 0 Å². The van der Waals surface area contributed by atoms with Gasteiger partial charge < -0.3 is 15.5 Å². The Labute approximate surface area is 96.1 Å². The van der Waals surface area contributed by atoms with E-state index in [1.165, 1.54) is 0 Å². The normalized spacial score (nSPS) is 30.6.